The molecule has 1 aliphatic carbocycles. The molecule has 1 aromatic carbocycles. The minimum atomic E-state index is 0.641. The van der Waals surface area contributed by atoms with E-state index in [0.717, 1.165) is 25.6 Å². The molecule has 0 bridgehead atoms. The van der Waals surface area contributed by atoms with Gasteiger partial charge in [-0.15, -0.1) is 0 Å². The van der Waals surface area contributed by atoms with Crippen LogP contribution in [0.5, 0.6) is 0 Å². The van der Waals surface area contributed by atoms with Gasteiger partial charge in [-0.3, -0.25) is 0 Å². The highest BCUT2D eigenvalue weighted by atomic mass is 79.9. The summed E-state index contributed by atoms with van der Waals surface area (Å²) >= 11 is 3.66. The summed E-state index contributed by atoms with van der Waals surface area (Å²) in [5, 5.41) is 3.49. The Morgan fingerprint density at radius 1 is 1.41 bits per heavy atom. The molecule has 1 saturated carbocycles. The van der Waals surface area contributed by atoms with E-state index < -0.39 is 0 Å². The van der Waals surface area contributed by atoms with Gasteiger partial charge in [-0.2, -0.15) is 0 Å². The molecule has 2 nitrogen and oxygen atoms in total. The normalized spacial score (nSPS) is 17.1. The zero-order valence-electron chi connectivity index (χ0n) is 10.3. The third-order valence-electron chi connectivity index (χ3n) is 3.34. The molecule has 0 aromatic heterocycles. The monoisotopic (exact) mass is 297 g/mol. The molecule has 94 valence electrons. The number of hydrogen-bond acceptors (Lipinski definition) is 2. The molecule has 0 radical (unpaired) electrons. The summed E-state index contributed by atoms with van der Waals surface area (Å²) in [5.41, 5.74) is 1.44. The maximum atomic E-state index is 5.06. The van der Waals surface area contributed by atoms with Crippen molar-refractivity contribution < 1.29 is 4.74 Å². The van der Waals surface area contributed by atoms with Crippen LogP contribution in [0.2, 0.25) is 0 Å². The summed E-state index contributed by atoms with van der Waals surface area (Å²) in [6.07, 6.45) is 2.75. The molecular weight excluding hydrogens is 278 g/mol. The molecule has 0 amide bonds. The van der Waals surface area contributed by atoms with Gasteiger partial charge in [0.05, 0.1) is 6.61 Å². The SMILES string of the molecule is COCCNCC(c1ccccc1Br)C1CC1. The molecule has 1 aliphatic rings. The van der Waals surface area contributed by atoms with Gasteiger partial charge in [-0.25, -0.2) is 0 Å². The number of hydrogen-bond donors (Lipinski definition) is 1. The average molecular weight is 298 g/mol. The highest BCUT2D eigenvalue weighted by Crippen LogP contribution is 2.44. The molecule has 17 heavy (non-hydrogen) atoms. The second-order valence-corrected chi connectivity index (χ2v) is 5.52. The zero-order valence-corrected chi connectivity index (χ0v) is 11.9. The maximum absolute atomic E-state index is 5.06. The van der Waals surface area contributed by atoms with Crippen molar-refractivity contribution in [1.29, 1.82) is 0 Å². The minimum Gasteiger partial charge on any atom is -0.383 e. The van der Waals surface area contributed by atoms with E-state index in [1.54, 1.807) is 7.11 Å². The van der Waals surface area contributed by atoms with Crippen LogP contribution >= 0.6 is 15.9 Å². The highest BCUT2D eigenvalue weighted by molar-refractivity contribution is 9.10. The van der Waals surface area contributed by atoms with Crippen molar-refractivity contribution in [3.05, 3.63) is 34.3 Å². The predicted octanol–water partition coefficient (Wildman–Crippen LogP) is 3.18. The first-order chi connectivity index (χ1) is 8.33. The summed E-state index contributed by atoms with van der Waals surface area (Å²) in [7, 11) is 1.74. The van der Waals surface area contributed by atoms with Crippen molar-refractivity contribution in [3.8, 4) is 0 Å². The van der Waals surface area contributed by atoms with Gasteiger partial charge in [-0.05, 0) is 30.4 Å². The molecule has 1 unspecified atom stereocenters. The van der Waals surface area contributed by atoms with E-state index in [1.807, 2.05) is 0 Å². The van der Waals surface area contributed by atoms with Crippen LogP contribution in [-0.4, -0.2) is 26.8 Å². The van der Waals surface area contributed by atoms with E-state index in [1.165, 1.54) is 22.9 Å². The minimum absolute atomic E-state index is 0.641. The van der Waals surface area contributed by atoms with Crippen LogP contribution in [-0.2, 0) is 4.74 Å². The summed E-state index contributed by atoms with van der Waals surface area (Å²) in [6, 6.07) is 8.59. The molecular formula is C14H20BrNO. The Morgan fingerprint density at radius 2 is 2.18 bits per heavy atom. The Labute approximate surface area is 112 Å². The summed E-state index contributed by atoms with van der Waals surface area (Å²) in [4.78, 5) is 0. The largest absolute Gasteiger partial charge is 0.383 e. The van der Waals surface area contributed by atoms with Crippen molar-refractivity contribution in [2.45, 2.75) is 18.8 Å². The van der Waals surface area contributed by atoms with E-state index >= 15 is 0 Å². The van der Waals surface area contributed by atoms with Gasteiger partial charge in [0, 0.05) is 30.6 Å². The van der Waals surface area contributed by atoms with Gasteiger partial charge in [0.1, 0.15) is 0 Å². The lowest BCUT2D eigenvalue weighted by Crippen LogP contribution is -2.26. The Hall–Kier alpha value is -0.380. The number of rotatable bonds is 7. The number of halogens is 1. The predicted molar refractivity (Wildman–Crippen MR) is 74.4 cm³/mol. The van der Waals surface area contributed by atoms with Crippen LogP contribution in [0.4, 0.5) is 0 Å². The van der Waals surface area contributed by atoms with Gasteiger partial charge in [0.15, 0.2) is 0 Å². The topological polar surface area (TPSA) is 21.3 Å². The van der Waals surface area contributed by atoms with Crippen molar-refractivity contribution in [3.63, 3.8) is 0 Å². The number of benzene rings is 1. The van der Waals surface area contributed by atoms with E-state index in [9.17, 15) is 0 Å². The molecule has 1 N–H and O–H groups in total. The third-order valence-corrected chi connectivity index (χ3v) is 4.07. The molecule has 0 spiro atoms. The Balaban J connectivity index is 1.95. The first kappa shape index (κ1) is 13.1. The van der Waals surface area contributed by atoms with Crippen LogP contribution in [0.1, 0.15) is 24.3 Å². The Kier molecular flexibility index (Phi) is 5.01. The lowest BCUT2D eigenvalue weighted by Gasteiger charge is -2.19. The number of nitrogens with one attached hydrogen (secondary N) is 1. The van der Waals surface area contributed by atoms with Gasteiger partial charge in [0.25, 0.3) is 0 Å². The molecule has 1 aromatic rings. The quantitative estimate of drug-likeness (QED) is 0.781. The first-order valence-electron chi connectivity index (χ1n) is 6.27. The zero-order chi connectivity index (χ0) is 12.1. The number of ether oxygens (including phenoxy) is 1. The van der Waals surface area contributed by atoms with Crippen LogP contribution in [0.15, 0.2) is 28.7 Å². The standard InChI is InChI=1S/C14H20BrNO/c1-17-9-8-16-10-13(11-6-7-11)12-4-2-3-5-14(12)15/h2-5,11,13,16H,6-10H2,1H3. The van der Waals surface area contributed by atoms with E-state index in [2.05, 4.69) is 45.5 Å². The first-order valence-corrected chi connectivity index (χ1v) is 7.06. The third kappa shape index (κ3) is 3.80. The molecule has 3 heteroatoms. The molecule has 1 fully saturated rings. The smallest absolute Gasteiger partial charge is 0.0587 e. The Bertz CT molecular complexity index is 352. The molecule has 2 rings (SSSR count). The number of methoxy groups -OCH3 is 1. The second-order valence-electron chi connectivity index (χ2n) is 4.66. The molecule has 0 aliphatic heterocycles. The van der Waals surface area contributed by atoms with Crippen molar-refractivity contribution >= 4 is 15.9 Å². The van der Waals surface area contributed by atoms with Gasteiger partial charge in [0.2, 0.25) is 0 Å². The Morgan fingerprint density at radius 3 is 2.82 bits per heavy atom. The fourth-order valence-electron chi connectivity index (χ4n) is 2.24. The van der Waals surface area contributed by atoms with Crippen LogP contribution in [0, 0.1) is 5.92 Å². The van der Waals surface area contributed by atoms with Crippen LogP contribution < -0.4 is 5.32 Å². The summed E-state index contributed by atoms with van der Waals surface area (Å²) in [5.74, 6) is 1.51. The van der Waals surface area contributed by atoms with Gasteiger partial charge in [-0.1, -0.05) is 34.1 Å². The molecule has 1 atom stereocenters. The fourth-order valence-corrected chi connectivity index (χ4v) is 2.82. The average Bonchev–Trinajstić information content (AvgIpc) is 3.15. The fraction of sp³-hybridized carbons (Fsp3) is 0.571. The van der Waals surface area contributed by atoms with Crippen LogP contribution in [0.3, 0.4) is 0 Å². The molecule has 0 heterocycles. The van der Waals surface area contributed by atoms with Crippen LogP contribution in [0.25, 0.3) is 0 Å². The second kappa shape index (κ2) is 6.53. The van der Waals surface area contributed by atoms with E-state index in [4.69, 9.17) is 4.74 Å². The van der Waals surface area contributed by atoms with Crippen molar-refractivity contribution in [2.75, 3.05) is 26.8 Å². The highest BCUT2D eigenvalue weighted by Gasteiger charge is 2.32. The van der Waals surface area contributed by atoms with Gasteiger partial charge < -0.3 is 10.1 Å². The van der Waals surface area contributed by atoms with Crippen molar-refractivity contribution in [1.82, 2.24) is 5.32 Å². The maximum Gasteiger partial charge on any atom is 0.0587 e. The summed E-state index contributed by atoms with van der Waals surface area (Å²) < 4.78 is 6.30. The lowest BCUT2D eigenvalue weighted by molar-refractivity contribution is 0.198. The lowest BCUT2D eigenvalue weighted by atomic mass is 9.94. The van der Waals surface area contributed by atoms with Crippen molar-refractivity contribution in [2.24, 2.45) is 5.92 Å². The molecule has 0 saturated heterocycles. The van der Waals surface area contributed by atoms with E-state index in [-0.39, 0.29) is 0 Å². The summed E-state index contributed by atoms with van der Waals surface area (Å²) in [6.45, 7) is 2.77. The van der Waals surface area contributed by atoms with E-state index in [0.29, 0.717) is 5.92 Å². The van der Waals surface area contributed by atoms with Gasteiger partial charge >= 0.3 is 0 Å².